The zero-order valence-corrected chi connectivity index (χ0v) is 13.4. The van der Waals surface area contributed by atoms with Crippen molar-refractivity contribution in [1.29, 1.82) is 0 Å². The standard InChI is InChI=1S/C16H18Cl2N2O/c1-10(13-7-8-19-15(18)9-13)20-11(2)16(21)12-3-5-14(17)6-4-12/h3-11,16,20-21H,1-2H3. The summed E-state index contributed by atoms with van der Waals surface area (Å²) in [6.07, 6.45) is 1.07. The van der Waals surface area contributed by atoms with Gasteiger partial charge in [-0.15, -0.1) is 0 Å². The topological polar surface area (TPSA) is 45.1 Å². The maximum absolute atomic E-state index is 10.4. The molecule has 2 N–H and O–H groups in total. The van der Waals surface area contributed by atoms with Crippen LogP contribution in [0.5, 0.6) is 0 Å². The molecule has 0 saturated heterocycles. The third-order valence-electron chi connectivity index (χ3n) is 3.45. The van der Waals surface area contributed by atoms with Gasteiger partial charge in [0, 0.05) is 23.3 Å². The minimum Gasteiger partial charge on any atom is -0.387 e. The Morgan fingerprint density at radius 3 is 2.33 bits per heavy atom. The van der Waals surface area contributed by atoms with Gasteiger partial charge in [-0.05, 0) is 49.2 Å². The number of pyridine rings is 1. The number of aliphatic hydroxyl groups is 1. The Labute approximate surface area is 134 Å². The quantitative estimate of drug-likeness (QED) is 0.811. The largest absolute Gasteiger partial charge is 0.387 e. The van der Waals surface area contributed by atoms with Crippen molar-refractivity contribution in [2.45, 2.75) is 32.0 Å². The fraction of sp³-hybridized carbons (Fsp3) is 0.312. The second kappa shape index (κ2) is 7.23. The lowest BCUT2D eigenvalue weighted by Crippen LogP contribution is -2.34. The van der Waals surface area contributed by atoms with E-state index in [-0.39, 0.29) is 12.1 Å². The van der Waals surface area contributed by atoms with E-state index in [0.29, 0.717) is 10.2 Å². The predicted octanol–water partition coefficient (Wildman–Crippen LogP) is 4.16. The number of halogens is 2. The fourth-order valence-electron chi connectivity index (χ4n) is 2.22. The molecule has 1 heterocycles. The lowest BCUT2D eigenvalue weighted by Gasteiger charge is -2.25. The van der Waals surface area contributed by atoms with Gasteiger partial charge in [0.15, 0.2) is 0 Å². The zero-order chi connectivity index (χ0) is 15.4. The molecule has 2 rings (SSSR count). The Kier molecular flexibility index (Phi) is 5.59. The van der Waals surface area contributed by atoms with Gasteiger partial charge in [0.1, 0.15) is 5.15 Å². The Morgan fingerprint density at radius 2 is 1.71 bits per heavy atom. The first kappa shape index (κ1) is 16.2. The van der Waals surface area contributed by atoms with E-state index >= 15 is 0 Å². The maximum atomic E-state index is 10.4. The maximum Gasteiger partial charge on any atom is 0.129 e. The van der Waals surface area contributed by atoms with E-state index in [0.717, 1.165) is 11.1 Å². The van der Waals surface area contributed by atoms with Crippen molar-refractivity contribution in [2.75, 3.05) is 0 Å². The van der Waals surface area contributed by atoms with Crippen molar-refractivity contribution >= 4 is 23.2 Å². The van der Waals surface area contributed by atoms with Crippen LogP contribution in [0.2, 0.25) is 10.2 Å². The Hall–Kier alpha value is -1.13. The van der Waals surface area contributed by atoms with Crippen LogP contribution in [0.4, 0.5) is 0 Å². The number of hydrogen-bond acceptors (Lipinski definition) is 3. The number of benzene rings is 1. The van der Waals surface area contributed by atoms with Crippen LogP contribution in [0.1, 0.15) is 37.1 Å². The Balaban J connectivity index is 2.03. The summed E-state index contributed by atoms with van der Waals surface area (Å²) in [7, 11) is 0. The summed E-state index contributed by atoms with van der Waals surface area (Å²) < 4.78 is 0. The van der Waals surface area contributed by atoms with Gasteiger partial charge in [-0.2, -0.15) is 0 Å². The molecule has 0 radical (unpaired) electrons. The molecule has 3 nitrogen and oxygen atoms in total. The average Bonchev–Trinajstić information content (AvgIpc) is 2.47. The Morgan fingerprint density at radius 1 is 1.05 bits per heavy atom. The summed E-state index contributed by atoms with van der Waals surface area (Å²) in [4.78, 5) is 3.97. The molecule has 0 fully saturated rings. The fourth-order valence-corrected chi connectivity index (χ4v) is 2.53. The molecular formula is C16H18Cl2N2O. The summed E-state index contributed by atoms with van der Waals surface area (Å²) in [6.45, 7) is 3.97. The lowest BCUT2D eigenvalue weighted by atomic mass is 10.0. The van der Waals surface area contributed by atoms with Crippen LogP contribution < -0.4 is 5.32 Å². The summed E-state index contributed by atoms with van der Waals surface area (Å²) in [6, 6.07) is 10.9. The van der Waals surface area contributed by atoms with E-state index in [2.05, 4.69) is 10.3 Å². The van der Waals surface area contributed by atoms with Crippen molar-refractivity contribution in [3.8, 4) is 0 Å². The number of hydrogen-bond donors (Lipinski definition) is 2. The molecule has 3 unspecified atom stereocenters. The highest BCUT2D eigenvalue weighted by molar-refractivity contribution is 6.30. The second-order valence-electron chi connectivity index (χ2n) is 5.09. The van der Waals surface area contributed by atoms with E-state index in [1.807, 2.05) is 38.1 Å². The predicted molar refractivity (Wildman–Crippen MR) is 86.7 cm³/mol. The molecule has 5 heteroatoms. The van der Waals surface area contributed by atoms with Crippen LogP contribution >= 0.6 is 23.2 Å². The monoisotopic (exact) mass is 324 g/mol. The molecule has 0 spiro atoms. The molecule has 0 amide bonds. The number of nitrogens with one attached hydrogen (secondary N) is 1. The lowest BCUT2D eigenvalue weighted by molar-refractivity contribution is 0.130. The van der Waals surface area contributed by atoms with Crippen molar-refractivity contribution in [3.63, 3.8) is 0 Å². The zero-order valence-electron chi connectivity index (χ0n) is 11.9. The SMILES string of the molecule is CC(NC(C)C(O)c1ccc(Cl)cc1)c1ccnc(Cl)c1. The van der Waals surface area contributed by atoms with Crippen LogP contribution in [0, 0.1) is 0 Å². The highest BCUT2D eigenvalue weighted by Gasteiger charge is 2.19. The molecule has 0 saturated carbocycles. The molecule has 1 aromatic carbocycles. The van der Waals surface area contributed by atoms with Crippen molar-refractivity contribution in [1.82, 2.24) is 10.3 Å². The highest BCUT2D eigenvalue weighted by Crippen LogP contribution is 2.22. The summed E-state index contributed by atoms with van der Waals surface area (Å²) in [5, 5.41) is 14.9. The van der Waals surface area contributed by atoms with Gasteiger partial charge in [0.2, 0.25) is 0 Å². The van der Waals surface area contributed by atoms with Gasteiger partial charge >= 0.3 is 0 Å². The van der Waals surface area contributed by atoms with Crippen LogP contribution in [-0.2, 0) is 0 Å². The van der Waals surface area contributed by atoms with Crippen LogP contribution in [0.25, 0.3) is 0 Å². The van der Waals surface area contributed by atoms with Gasteiger partial charge < -0.3 is 10.4 Å². The molecule has 21 heavy (non-hydrogen) atoms. The molecule has 0 aliphatic carbocycles. The van der Waals surface area contributed by atoms with Crippen LogP contribution in [0.3, 0.4) is 0 Å². The normalized spacial score (nSPS) is 15.5. The van der Waals surface area contributed by atoms with E-state index < -0.39 is 6.10 Å². The minimum absolute atomic E-state index is 0.0578. The number of nitrogens with zero attached hydrogens (tertiary/aromatic N) is 1. The van der Waals surface area contributed by atoms with Crippen LogP contribution in [-0.4, -0.2) is 16.1 Å². The minimum atomic E-state index is -0.609. The average molecular weight is 325 g/mol. The molecule has 1 aromatic heterocycles. The molecule has 3 atom stereocenters. The third-order valence-corrected chi connectivity index (χ3v) is 3.91. The summed E-state index contributed by atoms with van der Waals surface area (Å²) in [5.74, 6) is 0. The summed E-state index contributed by atoms with van der Waals surface area (Å²) >= 11 is 11.8. The number of aliphatic hydroxyl groups excluding tert-OH is 1. The first-order chi connectivity index (χ1) is 9.97. The first-order valence-electron chi connectivity index (χ1n) is 6.78. The second-order valence-corrected chi connectivity index (χ2v) is 5.91. The smallest absolute Gasteiger partial charge is 0.129 e. The Bertz CT molecular complexity index is 589. The molecule has 112 valence electrons. The van der Waals surface area contributed by atoms with Gasteiger partial charge in [-0.3, -0.25) is 0 Å². The van der Waals surface area contributed by atoms with Gasteiger partial charge in [0.05, 0.1) is 6.10 Å². The van der Waals surface area contributed by atoms with Gasteiger partial charge in [-0.1, -0.05) is 35.3 Å². The van der Waals surface area contributed by atoms with E-state index in [9.17, 15) is 5.11 Å². The van der Waals surface area contributed by atoms with Crippen molar-refractivity contribution in [3.05, 3.63) is 63.9 Å². The number of aromatic nitrogens is 1. The molecule has 0 aliphatic rings. The highest BCUT2D eigenvalue weighted by atomic mass is 35.5. The van der Waals surface area contributed by atoms with E-state index in [1.165, 1.54) is 0 Å². The molecule has 0 bridgehead atoms. The van der Waals surface area contributed by atoms with E-state index in [4.69, 9.17) is 23.2 Å². The molecule has 2 aromatic rings. The molecule has 0 aliphatic heterocycles. The van der Waals surface area contributed by atoms with Gasteiger partial charge in [0.25, 0.3) is 0 Å². The van der Waals surface area contributed by atoms with Crippen molar-refractivity contribution in [2.24, 2.45) is 0 Å². The van der Waals surface area contributed by atoms with Crippen LogP contribution in [0.15, 0.2) is 42.6 Å². The van der Waals surface area contributed by atoms with Gasteiger partial charge in [-0.25, -0.2) is 4.98 Å². The van der Waals surface area contributed by atoms with Crippen molar-refractivity contribution < 1.29 is 5.11 Å². The van der Waals surface area contributed by atoms with E-state index in [1.54, 1.807) is 18.3 Å². The third kappa shape index (κ3) is 4.42. The number of rotatable bonds is 5. The summed E-state index contributed by atoms with van der Waals surface area (Å²) in [5.41, 5.74) is 1.87. The first-order valence-corrected chi connectivity index (χ1v) is 7.54. The molecular weight excluding hydrogens is 307 g/mol.